The maximum absolute atomic E-state index is 13.7. The van der Waals surface area contributed by atoms with Gasteiger partial charge < -0.3 is 0 Å². The second-order valence-electron chi connectivity index (χ2n) is 4.37. The van der Waals surface area contributed by atoms with Gasteiger partial charge in [0, 0.05) is 16.1 Å². The number of hydrogen-bond acceptors (Lipinski definition) is 1. The van der Waals surface area contributed by atoms with E-state index in [0.717, 1.165) is 16.1 Å². The lowest BCUT2D eigenvalue weighted by Crippen LogP contribution is -2.07. The highest BCUT2D eigenvalue weighted by Crippen LogP contribution is 2.22. The van der Waals surface area contributed by atoms with Gasteiger partial charge in [-0.3, -0.25) is 4.79 Å². The summed E-state index contributed by atoms with van der Waals surface area (Å²) >= 11 is 3.28. The molecule has 2 aromatic rings. The third-order valence-electron chi connectivity index (χ3n) is 2.94. The van der Waals surface area contributed by atoms with Crippen molar-refractivity contribution in [3.63, 3.8) is 0 Å². The van der Waals surface area contributed by atoms with Crippen molar-refractivity contribution in [1.82, 2.24) is 0 Å². The Bertz CT molecular complexity index is 665. The summed E-state index contributed by atoms with van der Waals surface area (Å²) in [6, 6.07) is 7.20. The van der Waals surface area contributed by atoms with Crippen LogP contribution in [0.5, 0.6) is 0 Å². The molecule has 0 aromatic heterocycles. The minimum Gasteiger partial charge on any atom is -0.288 e. The van der Waals surface area contributed by atoms with Gasteiger partial charge >= 0.3 is 0 Å². The number of benzene rings is 2. The highest BCUT2D eigenvalue weighted by molar-refractivity contribution is 9.10. The predicted octanol–water partition coefficient (Wildman–Crippen LogP) is 4.58. The van der Waals surface area contributed by atoms with Gasteiger partial charge in [0.2, 0.25) is 0 Å². The molecule has 0 saturated heterocycles. The molecule has 0 radical (unpaired) electrons. The molecule has 0 aliphatic rings. The number of ketones is 1. The van der Waals surface area contributed by atoms with Gasteiger partial charge in [-0.05, 0) is 43.2 Å². The molecule has 0 saturated carbocycles. The Labute approximate surface area is 118 Å². The maximum Gasteiger partial charge on any atom is 0.196 e. The second kappa shape index (κ2) is 5.21. The lowest BCUT2D eigenvalue weighted by Gasteiger charge is -2.08. The fraction of sp³-hybridized carbons (Fsp3) is 0.133. The molecule has 0 aliphatic heterocycles. The van der Waals surface area contributed by atoms with Crippen LogP contribution in [0.2, 0.25) is 0 Å². The molecule has 19 heavy (non-hydrogen) atoms. The van der Waals surface area contributed by atoms with Crippen LogP contribution in [-0.4, -0.2) is 5.78 Å². The molecule has 0 spiro atoms. The average molecular weight is 325 g/mol. The monoisotopic (exact) mass is 324 g/mol. The standard InChI is InChI=1S/C15H11BrF2O/c1-8-3-4-10(16)6-11(8)15(19)12-5-9(2)13(17)7-14(12)18/h3-7H,1-2H3. The highest BCUT2D eigenvalue weighted by Gasteiger charge is 2.18. The van der Waals surface area contributed by atoms with Crippen LogP contribution in [0, 0.1) is 25.5 Å². The van der Waals surface area contributed by atoms with Gasteiger partial charge in [-0.2, -0.15) is 0 Å². The Morgan fingerprint density at radius 2 is 1.63 bits per heavy atom. The number of rotatable bonds is 2. The number of carbonyl (C=O) groups excluding carboxylic acids is 1. The first kappa shape index (κ1) is 13.9. The third-order valence-corrected chi connectivity index (χ3v) is 3.43. The molecule has 0 N–H and O–H groups in total. The molecular weight excluding hydrogens is 314 g/mol. The first-order valence-electron chi connectivity index (χ1n) is 5.66. The molecule has 0 amide bonds. The maximum atomic E-state index is 13.7. The molecule has 2 aromatic carbocycles. The van der Waals surface area contributed by atoms with Gasteiger partial charge in [0.15, 0.2) is 5.78 Å². The minimum absolute atomic E-state index is 0.111. The van der Waals surface area contributed by atoms with Crippen LogP contribution >= 0.6 is 15.9 Å². The fourth-order valence-electron chi connectivity index (χ4n) is 1.82. The van der Waals surface area contributed by atoms with Crippen molar-refractivity contribution < 1.29 is 13.6 Å². The molecule has 1 nitrogen and oxygen atoms in total. The lowest BCUT2D eigenvalue weighted by molar-refractivity contribution is 0.103. The van der Waals surface area contributed by atoms with E-state index in [1.807, 2.05) is 0 Å². The van der Waals surface area contributed by atoms with Crippen LogP contribution in [0.15, 0.2) is 34.8 Å². The number of hydrogen-bond donors (Lipinski definition) is 0. The van der Waals surface area contributed by atoms with Crippen LogP contribution in [0.4, 0.5) is 8.78 Å². The molecule has 0 bridgehead atoms. The van der Waals surface area contributed by atoms with Gasteiger partial charge in [0.1, 0.15) is 11.6 Å². The SMILES string of the molecule is Cc1cc(C(=O)c2cc(Br)ccc2C)c(F)cc1F. The second-order valence-corrected chi connectivity index (χ2v) is 5.29. The lowest BCUT2D eigenvalue weighted by atomic mass is 9.97. The summed E-state index contributed by atoms with van der Waals surface area (Å²) in [5.74, 6) is -1.94. The fourth-order valence-corrected chi connectivity index (χ4v) is 2.18. The molecule has 0 aliphatic carbocycles. The van der Waals surface area contributed by atoms with Crippen LogP contribution in [-0.2, 0) is 0 Å². The number of halogens is 3. The summed E-state index contributed by atoms with van der Waals surface area (Å²) in [5, 5.41) is 0. The molecule has 4 heteroatoms. The summed E-state index contributed by atoms with van der Waals surface area (Å²) < 4.78 is 27.7. The largest absolute Gasteiger partial charge is 0.288 e. The summed E-state index contributed by atoms with van der Waals surface area (Å²) in [5.41, 5.74) is 1.28. The molecule has 98 valence electrons. The van der Waals surface area contributed by atoms with Crippen molar-refractivity contribution in [2.24, 2.45) is 0 Å². The first-order valence-corrected chi connectivity index (χ1v) is 6.46. The van der Waals surface area contributed by atoms with Crippen LogP contribution in [0.1, 0.15) is 27.0 Å². The van der Waals surface area contributed by atoms with Gasteiger partial charge in [0.05, 0.1) is 5.56 Å². The minimum atomic E-state index is -0.840. The van der Waals surface area contributed by atoms with E-state index < -0.39 is 17.4 Å². The van der Waals surface area contributed by atoms with Crippen LogP contribution in [0.3, 0.4) is 0 Å². The van der Waals surface area contributed by atoms with E-state index in [4.69, 9.17) is 0 Å². The number of carbonyl (C=O) groups is 1. The zero-order chi connectivity index (χ0) is 14.2. The van der Waals surface area contributed by atoms with Gasteiger partial charge in [-0.1, -0.05) is 22.0 Å². The summed E-state index contributed by atoms with van der Waals surface area (Å²) in [7, 11) is 0. The molecule has 0 heterocycles. The van der Waals surface area contributed by atoms with Crippen molar-refractivity contribution in [3.05, 3.63) is 68.7 Å². The van der Waals surface area contributed by atoms with Gasteiger partial charge in [-0.25, -0.2) is 8.78 Å². The van der Waals surface area contributed by atoms with Gasteiger partial charge in [0.25, 0.3) is 0 Å². The van der Waals surface area contributed by atoms with Crippen molar-refractivity contribution in [1.29, 1.82) is 0 Å². The quantitative estimate of drug-likeness (QED) is 0.739. The zero-order valence-corrected chi connectivity index (χ0v) is 12.0. The zero-order valence-electron chi connectivity index (χ0n) is 10.4. The summed E-state index contributed by atoms with van der Waals surface area (Å²) in [6.45, 7) is 3.27. The average Bonchev–Trinajstić information content (AvgIpc) is 2.36. The Morgan fingerprint density at radius 1 is 0.947 bits per heavy atom. The van der Waals surface area contributed by atoms with E-state index in [-0.39, 0.29) is 11.1 Å². The van der Waals surface area contributed by atoms with E-state index in [9.17, 15) is 13.6 Å². The molecular formula is C15H11BrF2O. The molecule has 0 fully saturated rings. The summed E-state index contributed by atoms with van der Waals surface area (Å²) in [4.78, 5) is 12.3. The smallest absolute Gasteiger partial charge is 0.196 e. The molecule has 0 unspecified atom stereocenters. The Balaban J connectivity index is 2.56. The number of aryl methyl sites for hydroxylation is 2. The highest BCUT2D eigenvalue weighted by atomic mass is 79.9. The first-order chi connectivity index (χ1) is 8.90. The third kappa shape index (κ3) is 2.73. The van der Waals surface area contributed by atoms with Crippen molar-refractivity contribution in [2.75, 3.05) is 0 Å². The Morgan fingerprint density at radius 3 is 2.32 bits per heavy atom. The Hall–Kier alpha value is -1.55. The van der Waals surface area contributed by atoms with E-state index in [2.05, 4.69) is 15.9 Å². The topological polar surface area (TPSA) is 17.1 Å². The van der Waals surface area contributed by atoms with Crippen molar-refractivity contribution in [2.45, 2.75) is 13.8 Å². The molecule has 2 rings (SSSR count). The summed E-state index contributed by atoms with van der Waals surface area (Å²) in [6.07, 6.45) is 0. The van der Waals surface area contributed by atoms with E-state index >= 15 is 0 Å². The normalized spacial score (nSPS) is 10.6. The van der Waals surface area contributed by atoms with Crippen LogP contribution < -0.4 is 0 Å². The van der Waals surface area contributed by atoms with E-state index in [0.29, 0.717) is 5.56 Å². The Kier molecular flexibility index (Phi) is 3.80. The van der Waals surface area contributed by atoms with E-state index in [1.54, 1.807) is 25.1 Å². The van der Waals surface area contributed by atoms with Gasteiger partial charge in [-0.15, -0.1) is 0 Å². The van der Waals surface area contributed by atoms with E-state index in [1.165, 1.54) is 13.0 Å². The molecule has 0 atom stereocenters. The van der Waals surface area contributed by atoms with Crippen molar-refractivity contribution >= 4 is 21.7 Å². The van der Waals surface area contributed by atoms with Crippen molar-refractivity contribution in [3.8, 4) is 0 Å². The van der Waals surface area contributed by atoms with Crippen LogP contribution in [0.25, 0.3) is 0 Å². The predicted molar refractivity (Wildman–Crippen MR) is 73.4 cm³/mol.